The van der Waals surface area contributed by atoms with E-state index in [2.05, 4.69) is 15.3 Å². The molecule has 2 aromatic heterocycles. The highest BCUT2D eigenvalue weighted by atomic mass is 35.5. The molecule has 0 aliphatic heterocycles. The number of carbonyl (C=O) groups excluding carboxylic acids is 1. The first-order valence-corrected chi connectivity index (χ1v) is 9.13. The van der Waals surface area contributed by atoms with Gasteiger partial charge in [0.1, 0.15) is 17.9 Å². The SMILES string of the molecule is O=C(CCOc1cccc(Cl)c1)Nc1ccc(-n2cnc3ccccc32)nc1. The van der Waals surface area contributed by atoms with Gasteiger partial charge in [0.15, 0.2) is 0 Å². The minimum atomic E-state index is -0.148. The van der Waals surface area contributed by atoms with Crippen molar-refractivity contribution in [2.75, 3.05) is 11.9 Å². The van der Waals surface area contributed by atoms with E-state index in [9.17, 15) is 4.79 Å². The van der Waals surface area contributed by atoms with Crippen molar-refractivity contribution in [1.29, 1.82) is 0 Å². The van der Waals surface area contributed by atoms with Crippen molar-refractivity contribution in [3.8, 4) is 11.6 Å². The molecule has 2 heterocycles. The van der Waals surface area contributed by atoms with Crippen LogP contribution in [0.15, 0.2) is 73.2 Å². The Hall–Kier alpha value is -3.38. The maximum atomic E-state index is 12.1. The molecule has 1 amide bonds. The van der Waals surface area contributed by atoms with E-state index in [1.807, 2.05) is 41.0 Å². The molecular weight excluding hydrogens is 376 g/mol. The van der Waals surface area contributed by atoms with E-state index in [1.165, 1.54) is 0 Å². The summed E-state index contributed by atoms with van der Waals surface area (Å²) in [6.45, 7) is 0.263. The minimum absolute atomic E-state index is 0.148. The number of ether oxygens (including phenoxy) is 1. The molecule has 6 nitrogen and oxygen atoms in total. The number of para-hydroxylation sites is 2. The fourth-order valence-electron chi connectivity index (χ4n) is 2.79. The summed E-state index contributed by atoms with van der Waals surface area (Å²) in [5, 5.41) is 3.41. The Morgan fingerprint density at radius 3 is 2.79 bits per heavy atom. The van der Waals surface area contributed by atoms with Crippen molar-refractivity contribution in [3.05, 3.63) is 78.2 Å². The first kappa shape index (κ1) is 18.0. The Balaban J connectivity index is 1.34. The first-order chi connectivity index (χ1) is 13.7. The van der Waals surface area contributed by atoms with Gasteiger partial charge < -0.3 is 10.1 Å². The zero-order chi connectivity index (χ0) is 19.3. The summed E-state index contributed by atoms with van der Waals surface area (Å²) >= 11 is 5.90. The molecule has 0 radical (unpaired) electrons. The highest BCUT2D eigenvalue weighted by Crippen LogP contribution is 2.18. The summed E-state index contributed by atoms with van der Waals surface area (Å²) < 4.78 is 7.44. The molecular formula is C21H17ClN4O2. The van der Waals surface area contributed by atoms with Crippen molar-refractivity contribution >= 4 is 34.2 Å². The topological polar surface area (TPSA) is 69.0 Å². The van der Waals surface area contributed by atoms with Gasteiger partial charge in [-0.05, 0) is 42.5 Å². The van der Waals surface area contributed by atoms with Gasteiger partial charge in [0, 0.05) is 5.02 Å². The molecule has 4 rings (SSSR count). The smallest absolute Gasteiger partial charge is 0.227 e. The summed E-state index contributed by atoms with van der Waals surface area (Å²) in [5.74, 6) is 1.22. The summed E-state index contributed by atoms with van der Waals surface area (Å²) in [6.07, 6.45) is 3.58. The van der Waals surface area contributed by atoms with E-state index >= 15 is 0 Å². The van der Waals surface area contributed by atoms with Crippen molar-refractivity contribution in [3.63, 3.8) is 0 Å². The highest BCUT2D eigenvalue weighted by Gasteiger charge is 2.07. The van der Waals surface area contributed by atoms with Crippen molar-refractivity contribution in [2.45, 2.75) is 6.42 Å². The molecule has 0 saturated carbocycles. The zero-order valence-corrected chi connectivity index (χ0v) is 15.6. The molecule has 0 unspecified atom stereocenters. The predicted molar refractivity (Wildman–Crippen MR) is 109 cm³/mol. The third kappa shape index (κ3) is 4.13. The fraction of sp³-hybridized carbons (Fsp3) is 0.0952. The monoisotopic (exact) mass is 392 g/mol. The normalized spacial score (nSPS) is 10.8. The molecule has 7 heteroatoms. The van der Waals surface area contributed by atoms with Gasteiger partial charge in [-0.15, -0.1) is 0 Å². The van der Waals surface area contributed by atoms with Crippen LogP contribution in [-0.2, 0) is 4.79 Å². The Morgan fingerprint density at radius 1 is 1.07 bits per heavy atom. The molecule has 140 valence electrons. The van der Waals surface area contributed by atoms with Crippen LogP contribution in [0.3, 0.4) is 0 Å². The number of rotatable bonds is 6. The predicted octanol–water partition coefficient (Wildman–Crippen LogP) is 4.48. The molecule has 0 fully saturated rings. The van der Waals surface area contributed by atoms with Crippen LogP contribution in [0, 0.1) is 0 Å². The average Bonchev–Trinajstić information content (AvgIpc) is 3.13. The van der Waals surface area contributed by atoms with Crippen LogP contribution in [0.2, 0.25) is 5.02 Å². The van der Waals surface area contributed by atoms with E-state index in [0.29, 0.717) is 16.5 Å². The number of amides is 1. The quantitative estimate of drug-likeness (QED) is 0.525. The maximum absolute atomic E-state index is 12.1. The molecule has 2 aromatic carbocycles. The van der Waals surface area contributed by atoms with Crippen molar-refractivity contribution < 1.29 is 9.53 Å². The summed E-state index contributed by atoms with van der Waals surface area (Å²) in [4.78, 5) is 20.9. The van der Waals surface area contributed by atoms with Crippen LogP contribution in [0.25, 0.3) is 16.9 Å². The number of anilines is 1. The number of imidazole rings is 1. The van der Waals surface area contributed by atoms with Crippen LogP contribution in [0.1, 0.15) is 6.42 Å². The van der Waals surface area contributed by atoms with Crippen LogP contribution in [0.4, 0.5) is 5.69 Å². The van der Waals surface area contributed by atoms with Gasteiger partial charge in [0.2, 0.25) is 5.91 Å². The summed E-state index contributed by atoms with van der Waals surface area (Å²) in [7, 11) is 0. The van der Waals surface area contributed by atoms with Crippen molar-refractivity contribution in [1.82, 2.24) is 14.5 Å². The number of nitrogens with one attached hydrogen (secondary N) is 1. The number of hydrogen-bond acceptors (Lipinski definition) is 4. The standard InChI is InChI=1S/C21H17ClN4O2/c22-15-4-3-5-17(12-15)28-11-10-21(27)25-16-8-9-20(23-13-16)26-14-24-18-6-1-2-7-19(18)26/h1-9,12-14H,10-11H2,(H,25,27). The fourth-order valence-corrected chi connectivity index (χ4v) is 2.97. The number of pyridine rings is 1. The van der Waals surface area contributed by atoms with Crippen LogP contribution in [0.5, 0.6) is 5.75 Å². The molecule has 0 aliphatic carbocycles. The van der Waals surface area contributed by atoms with Gasteiger partial charge in [-0.2, -0.15) is 0 Å². The van der Waals surface area contributed by atoms with Gasteiger partial charge >= 0.3 is 0 Å². The third-order valence-electron chi connectivity index (χ3n) is 4.13. The van der Waals surface area contributed by atoms with E-state index in [4.69, 9.17) is 16.3 Å². The number of nitrogens with zero attached hydrogens (tertiary/aromatic N) is 3. The largest absolute Gasteiger partial charge is 0.493 e. The van der Waals surface area contributed by atoms with E-state index in [-0.39, 0.29) is 18.9 Å². The van der Waals surface area contributed by atoms with E-state index in [0.717, 1.165) is 16.9 Å². The second-order valence-corrected chi connectivity index (χ2v) is 6.55. The second kappa shape index (κ2) is 8.10. The van der Waals surface area contributed by atoms with Crippen LogP contribution < -0.4 is 10.1 Å². The number of carbonyl (C=O) groups is 1. The average molecular weight is 393 g/mol. The number of aromatic nitrogens is 3. The summed E-state index contributed by atoms with van der Waals surface area (Å²) in [6, 6.07) is 18.6. The molecule has 0 saturated heterocycles. The molecule has 28 heavy (non-hydrogen) atoms. The number of fused-ring (bicyclic) bond motifs is 1. The molecule has 0 aliphatic rings. The Labute approximate surface area is 166 Å². The van der Waals surface area contributed by atoms with Gasteiger partial charge in [-0.3, -0.25) is 9.36 Å². The lowest BCUT2D eigenvalue weighted by molar-refractivity contribution is -0.116. The first-order valence-electron chi connectivity index (χ1n) is 8.76. The molecule has 0 bridgehead atoms. The van der Waals surface area contributed by atoms with E-state index < -0.39 is 0 Å². The van der Waals surface area contributed by atoms with Crippen LogP contribution in [-0.4, -0.2) is 27.0 Å². The van der Waals surface area contributed by atoms with Crippen molar-refractivity contribution in [2.24, 2.45) is 0 Å². The van der Waals surface area contributed by atoms with Gasteiger partial charge in [-0.1, -0.05) is 29.8 Å². The Kier molecular flexibility index (Phi) is 5.21. The van der Waals surface area contributed by atoms with Gasteiger partial charge in [0.05, 0.1) is 35.9 Å². The Bertz CT molecular complexity index is 1110. The zero-order valence-electron chi connectivity index (χ0n) is 14.9. The van der Waals surface area contributed by atoms with Gasteiger partial charge in [0.25, 0.3) is 0 Å². The minimum Gasteiger partial charge on any atom is -0.493 e. The lowest BCUT2D eigenvalue weighted by Gasteiger charge is -2.08. The lowest BCUT2D eigenvalue weighted by Crippen LogP contribution is -2.15. The third-order valence-corrected chi connectivity index (χ3v) is 4.36. The number of halogens is 1. The lowest BCUT2D eigenvalue weighted by atomic mass is 10.3. The molecule has 0 spiro atoms. The maximum Gasteiger partial charge on any atom is 0.227 e. The van der Waals surface area contributed by atoms with Gasteiger partial charge in [-0.25, -0.2) is 9.97 Å². The highest BCUT2D eigenvalue weighted by molar-refractivity contribution is 6.30. The molecule has 4 aromatic rings. The van der Waals surface area contributed by atoms with Crippen LogP contribution >= 0.6 is 11.6 Å². The molecule has 1 N–H and O–H groups in total. The number of hydrogen-bond donors (Lipinski definition) is 1. The van der Waals surface area contributed by atoms with E-state index in [1.54, 1.807) is 36.8 Å². The second-order valence-electron chi connectivity index (χ2n) is 6.11. The molecule has 0 atom stereocenters. The Morgan fingerprint density at radius 2 is 1.96 bits per heavy atom. The number of benzene rings is 2. The summed E-state index contributed by atoms with van der Waals surface area (Å²) in [5.41, 5.74) is 2.51.